The van der Waals surface area contributed by atoms with Gasteiger partial charge in [-0.3, -0.25) is 4.68 Å². The molecule has 0 N–H and O–H groups in total. The molecule has 3 rings (SSSR count). The molecule has 0 unspecified atom stereocenters. The predicted octanol–water partition coefficient (Wildman–Crippen LogP) is 0.900. The third kappa shape index (κ3) is 1.54. The summed E-state index contributed by atoms with van der Waals surface area (Å²) in [6.45, 7) is 2.21. The number of fused-ring (bicyclic) bond motifs is 1. The Morgan fingerprint density at radius 1 is 1.00 bits per heavy atom. The Morgan fingerprint density at radius 2 is 1.87 bits per heavy atom. The highest BCUT2D eigenvalue weighted by molar-refractivity contribution is 5.47. The molecule has 1 saturated heterocycles. The van der Waals surface area contributed by atoms with E-state index in [0.29, 0.717) is 0 Å². The zero-order valence-electron chi connectivity index (χ0n) is 8.50. The highest BCUT2D eigenvalue weighted by Gasteiger charge is 2.12. The van der Waals surface area contributed by atoms with Crippen molar-refractivity contribution in [1.29, 1.82) is 0 Å². The molecule has 0 atom stereocenters. The lowest BCUT2D eigenvalue weighted by Crippen LogP contribution is -2.39. The fourth-order valence-corrected chi connectivity index (χ4v) is 2.00. The van der Waals surface area contributed by atoms with Crippen LogP contribution < -0.4 is 5.01 Å². The number of nitrogens with zero attached hydrogens (tertiary/aromatic N) is 5. The summed E-state index contributed by atoms with van der Waals surface area (Å²) in [7, 11) is 0. The van der Waals surface area contributed by atoms with Crippen LogP contribution >= 0.6 is 0 Å². The Kier molecular flexibility index (Phi) is 2.01. The topological polar surface area (TPSA) is 46.8 Å². The van der Waals surface area contributed by atoms with Crippen molar-refractivity contribution in [3.63, 3.8) is 0 Å². The lowest BCUT2D eigenvalue weighted by atomic mass is 10.2. The SMILES string of the molecule is c1nc2cn(N3CCCCC3)cnc-2n1. The fourth-order valence-electron chi connectivity index (χ4n) is 2.00. The van der Waals surface area contributed by atoms with E-state index in [1.165, 1.54) is 19.3 Å². The van der Waals surface area contributed by atoms with Crippen LogP contribution in [0.2, 0.25) is 0 Å². The largest absolute Gasteiger partial charge is 0.312 e. The molecule has 3 aliphatic heterocycles. The molecule has 0 amide bonds. The molecule has 3 aliphatic rings. The van der Waals surface area contributed by atoms with Gasteiger partial charge in [0.05, 0.1) is 6.20 Å². The maximum Gasteiger partial charge on any atom is 0.182 e. The van der Waals surface area contributed by atoms with Crippen LogP contribution in [0.25, 0.3) is 11.5 Å². The number of hydrogen-bond donors (Lipinski definition) is 0. The molecule has 0 spiro atoms. The summed E-state index contributed by atoms with van der Waals surface area (Å²) in [4.78, 5) is 12.5. The quantitative estimate of drug-likeness (QED) is 0.691. The van der Waals surface area contributed by atoms with Gasteiger partial charge in [-0.1, -0.05) is 0 Å². The average molecular weight is 203 g/mol. The normalized spacial score (nSPS) is 17.2. The van der Waals surface area contributed by atoms with Crippen molar-refractivity contribution in [3.8, 4) is 11.5 Å². The van der Waals surface area contributed by atoms with Crippen LogP contribution in [0.5, 0.6) is 0 Å². The van der Waals surface area contributed by atoms with E-state index in [9.17, 15) is 0 Å². The number of aromatic nitrogens is 4. The highest BCUT2D eigenvalue weighted by atomic mass is 15.5. The first kappa shape index (κ1) is 8.64. The third-order valence-electron chi connectivity index (χ3n) is 2.82. The average Bonchev–Trinajstić information content (AvgIpc) is 2.77. The first-order chi connectivity index (χ1) is 7.43. The van der Waals surface area contributed by atoms with Gasteiger partial charge in [-0.2, -0.15) is 0 Å². The summed E-state index contributed by atoms with van der Waals surface area (Å²) in [6.07, 6.45) is 9.24. The van der Waals surface area contributed by atoms with Crippen LogP contribution in [0.3, 0.4) is 0 Å². The van der Waals surface area contributed by atoms with Gasteiger partial charge in [-0.15, -0.1) is 0 Å². The monoisotopic (exact) mass is 203 g/mol. The van der Waals surface area contributed by atoms with Crippen LogP contribution in [-0.2, 0) is 0 Å². The lowest BCUT2D eigenvalue weighted by Gasteiger charge is -2.30. The van der Waals surface area contributed by atoms with Gasteiger partial charge in [-0.05, 0) is 19.3 Å². The van der Waals surface area contributed by atoms with Gasteiger partial charge in [0, 0.05) is 13.1 Å². The van der Waals surface area contributed by atoms with Gasteiger partial charge in [-0.25, -0.2) is 15.0 Å². The molecule has 0 aromatic rings. The van der Waals surface area contributed by atoms with E-state index < -0.39 is 0 Å². The molecular formula is C10H13N5. The molecule has 5 heteroatoms. The molecule has 0 radical (unpaired) electrons. The molecule has 1 fully saturated rings. The maximum atomic E-state index is 4.26. The highest BCUT2D eigenvalue weighted by Crippen LogP contribution is 2.14. The first-order valence-electron chi connectivity index (χ1n) is 5.33. The van der Waals surface area contributed by atoms with Crippen molar-refractivity contribution in [2.24, 2.45) is 0 Å². The molecular weight excluding hydrogens is 190 g/mol. The molecule has 0 saturated carbocycles. The molecule has 0 aromatic heterocycles. The van der Waals surface area contributed by atoms with Crippen molar-refractivity contribution in [3.05, 3.63) is 18.9 Å². The Hall–Kier alpha value is -1.65. The first-order valence-corrected chi connectivity index (χ1v) is 5.33. The van der Waals surface area contributed by atoms with E-state index in [1.807, 2.05) is 17.2 Å². The molecule has 0 bridgehead atoms. The van der Waals surface area contributed by atoms with E-state index in [-0.39, 0.29) is 0 Å². The predicted molar refractivity (Wildman–Crippen MR) is 56.2 cm³/mol. The molecule has 15 heavy (non-hydrogen) atoms. The Labute approximate surface area is 88.1 Å². The Bertz CT molecular complexity index is 418. The minimum Gasteiger partial charge on any atom is -0.312 e. The third-order valence-corrected chi connectivity index (χ3v) is 2.82. The van der Waals surface area contributed by atoms with E-state index >= 15 is 0 Å². The van der Waals surface area contributed by atoms with Crippen molar-refractivity contribution in [1.82, 2.24) is 19.6 Å². The standard InChI is InChI=1S/C10H13N5/c1-2-4-14(5-3-1)15-6-9-10(13-8-15)12-7-11-9/h6-8H,1-5H2. The van der Waals surface area contributed by atoms with Gasteiger partial charge < -0.3 is 5.01 Å². The second-order valence-electron chi connectivity index (χ2n) is 3.85. The summed E-state index contributed by atoms with van der Waals surface area (Å²) in [5.41, 5.74) is 0.864. The zero-order chi connectivity index (χ0) is 10.1. The number of imidazole rings is 1. The van der Waals surface area contributed by atoms with Crippen LogP contribution in [0.1, 0.15) is 19.3 Å². The molecule has 3 heterocycles. The summed E-state index contributed by atoms with van der Waals surface area (Å²) in [6, 6.07) is 0. The van der Waals surface area contributed by atoms with Crippen molar-refractivity contribution >= 4 is 0 Å². The van der Waals surface area contributed by atoms with Gasteiger partial charge >= 0.3 is 0 Å². The van der Waals surface area contributed by atoms with Crippen molar-refractivity contribution < 1.29 is 0 Å². The van der Waals surface area contributed by atoms with Gasteiger partial charge in [0.15, 0.2) is 5.82 Å². The van der Waals surface area contributed by atoms with Gasteiger partial charge in [0.25, 0.3) is 0 Å². The number of rotatable bonds is 1. The van der Waals surface area contributed by atoms with Gasteiger partial charge in [0.1, 0.15) is 18.3 Å². The second kappa shape index (κ2) is 3.49. The minimum absolute atomic E-state index is 0.725. The summed E-state index contributed by atoms with van der Waals surface area (Å²) in [5, 5.41) is 2.30. The van der Waals surface area contributed by atoms with Crippen LogP contribution in [0, 0.1) is 0 Å². The van der Waals surface area contributed by atoms with Crippen LogP contribution in [0.4, 0.5) is 0 Å². The molecule has 0 aromatic carbocycles. The van der Waals surface area contributed by atoms with Crippen LogP contribution in [-0.4, -0.2) is 32.7 Å². The van der Waals surface area contributed by atoms with Crippen molar-refractivity contribution in [2.75, 3.05) is 18.1 Å². The summed E-state index contributed by atoms with van der Waals surface area (Å²) >= 11 is 0. The zero-order valence-corrected chi connectivity index (χ0v) is 8.50. The summed E-state index contributed by atoms with van der Waals surface area (Å²) < 4.78 is 2.04. The van der Waals surface area contributed by atoms with Crippen LogP contribution in [0.15, 0.2) is 18.9 Å². The van der Waals surface area contributed by atoms with E-state index in [4.69, 9.17) is 0 Å². The van der Waals surface area contributed by atoms with Crippen molar-refractivity contribution in [2.45, 2.75) is 19.3 Å². The summed E-state index contributed by atoms with van der Waals surface area (Å²) in [5.74, 6) is 0.725. The Balaban J connectivity index is 1.93. The molecule has 5 nitrogen and oxygen atoms in total. The van der Waals surface area contributed by atoms with E-state index in [2.05, 4.69) is 20.0 Å². The van der Waals surface area contributed by atoms with E-state index in [0.717, 1.165) is 24.6 Å². The van der Waals surface area contributed by atoms with E-state index in [1.54, 1.807) is 6.33 Å². The van der Waals surface area contributed by atoms with Gasteiger partial charge in [0.2, 0.25) is 0 Å². The number of hydrogen-bond acceptors (Lipinski definition) is 4. The lowest BCUT2D eigenvalue weighted by molar-refractivity contribution is 0.473. The minimum atomic E-state index is 0.725. The maximum absolute atomic E-state index is 4.26. The molecule has 78 valence electrons. The second-order valence-corrected chi connectivity index (χ2v) is 3.85. The Morgan fingerprint density at radius 3 is 2.73 bits per heavy atom. The molecule has 0 aliphatic carbocycles. The fraction of sp³-hybridized carbons (Fsp3) is 0.500. The number of piperidine rings is 1. The smallest absolute Gasteiger partial charge is 0.182 e.